The summed E-state index contributed by atoms with van der Waals surface area (Å²) < 4.78 is 2.32. The summed E-state index contributed by atoms with van der Waals surface area (Å²) in [6.45, 7) is 13.7. The lowest BCUT2D eigenvalue weighted by molar-refractivity contribution is -0.660. The second-order valence-corrected chi connectivity index (χ2v) is 9.78. The summed E-state index contributed by atoms with van der Waals surface area (Å²) in [6, 6.07) is 13.8. The van der Waals surface area contributed by atoms with Crippen LogP contribution < -0.4 is 4.57 Å². The molecule has 0 N–H and O–H groups in total. The van der Waals surface area contributed by atoms with Gasteiger partial charge >= 0.3 is 0 Å². The van der Waals surface area contributed by atoms with Crippen molar-refractivity contribution in [2.45, 2.75) is 54.4 Å². The lowest BCUT2D eigenvalue weighted by Gasteiger charge is -2.20. The van der Waals surface area contributed by atoms with Crippen LogP contribution in [0.5, 0.6) is 0 Å². The third-order valence-electron chi connectivity index (χ3n) is 6.14. The molecule has 1 heteroatoms. The number of rotatable bonds is 2. The molecule has 28 heavy (non-hydrogen) atoms. The third kappa shape index (κ3) is 3.17. The molecule has 0 radical (unpaired) electrons. The summed E-state index contributed by atoms with van der Waals surface area (Å²) in [4.78, 5) is 0. The molecule has 144 valence electrons. The fourth-order valence-electron chi connectivity index (χ4n) is 4.76. The van der Waals surface area contributed by atoms with E-state index in [0.717, 1.165) is 12.8 Å². The summed E-state index contributed by atoms with van der Waals surface area (Å²) in [5.41, 5.74) is 14.5. The van der Waals surface area contributed by atoms with Crippen LogP contribution in [0.15, 0.2) is 42.6 Å². The number of hydrogen-bond acceptors (Lipinski definition) is 0. The second-order valence-electron chi connectivity index (χ2n) is 9.78. The largest absolute Gasteiger partial charge is 0.213 e. The van der Waals surface area contributed by atoms with Gasteiger partial charge in [-0.3, -0.25) is 0 Å². The van der Waals surface area contributed by atoms with Gasteiger partial charge in [-0.15, -0.1) is 0 Å². The van der Waals surface area contributed by atoms with Crippen molar-refractivity contribution in [1.82, 2.24) is 0 Å². The minimum atomic E-state index is 0.281. The molecular weight excluding hydrogens is 338 g/mol. The van der Waals surface area contributed by atoms with E-state index in [-0.39, 0.29) is 5.41 Å². The van der Waals surface area contributed by atoms with Gasteiger partial charge in [-0.1, -0.05) is 51.1 Å². The number of aryl methyl sites for hydroxylation is 4. The normalized spacial score (nSPS) is 12.8. The van der Waals surface area contributed by atoms with Crippen LogP contribution in [0.1, 0.15) is 54.2 Å². The van der Waals surface area contributed by atoms with Crippen molar-refractivity contribution in [3.63, 3.8) is 0 Å². The van der Waals surface area contributed by atoms with Gasteiger partial charge in [-0.25, -0.2) is 4.57 Å². The van der Waals surface area contributed by atoms with Gasteiger partial charge in [0.15, 0.2) is 6.20 Å². The molecule has 4 rings (SSSR count). The van der Waals surface area contributed by atoms with E-state index in [1.54, 1.807) is 0 Å². The standard InChI is InChI=1S/C27H32N/c1-17-9-8-10-21-22-12-11-18(2)26(24(22)14-23(17)21)25-13-20(15-27(4,5)6)19(3)16-28(25)7/h8-13,16H,14-15H2,1-7H3/q+1. The van der Waals surface area contributed by atoms with Gasteiger partial charge in [0, 0.05) is 11.6 Å². The van der Waals surface area contributed by atoms with Gasteiger partial charge in [0.1, 0.15) is 7.05 Å². The van der Waals surface area contributed by atoms with E-state index in [0.29, 0.717) is 0 Å². The fourth-order valence-corrected chi connectivity index (χ4v) is 4.76. The first-order valence-electron chi connectivity index (χ1n) is 10.4. The van der Waals surface area contributed by atoms with Gasteiger partial charge in [0.25, 0.3) is 0 Å². The van der Waals surface area contributed by atoms with Gasteiger partial charge in [0.2, 0.25) is 5.69 Å². The van der Waals surface area contributed by atoms with Crippen LogP contribution in [0, 0.1) is 26.2 Å². The Morgan fingerprint density at radius 1 is 0.857 bits per heavy atom. The molecule has 0 saturated carbocycles. The Labute approximate surface area is 170 Å². The summed E-state index contributed by atoms with van der Waals surface area (Å²) >= 11 is 0. The Hall–Kier alpha value is -2.41. The molecule has 0 bridgehead atoms. The average molecular weight is 371 g/mol. The second kappa shape index (κ2) is 6.58. The Balaban J connectivity index is 1.93. The first-order valence-corrected chi connectivity index (χ1v) is 10.4. The van der Waals surface area contributed by atoms with Gasteiger partial charge in [0.05, 0.1) is 5.56 Å². The summed E-state index contributed by atoms with van der Waals surface area (Å²) in [6.07, 6.45) is 4.44. The van der Waals surface area contributed by atoms with E-state index >= 15 is 0 Å². The van der Waals surface area contributed by atoms with Gasteiger partial charge in [-0.2, -0.15) is 0 Å². The van der Waals surface area contributed by atoms with Crippen LogP contribution in [-0.2, 0) is 19.9 Å². The maximum absolute atomic E-state index is 2.44. The maximum atomic E-state index is 2.44. The fraction of sp³-hybridized carbons (Fsp3) is 0.370. The molecule has 0 saturated heterocycles. The molecule has 3 aromatic rings. The Bertz CT molecular complexity index is 1080. The van der Waals surface area contributed by atoms with Crippen molar-refractivity contribution in [1.29, 1.82) is 0 Å². The molecule has 2 aromatic carbocycles. The average Bonchev–Trinajstić information content (AvgIpc) is 2.97. The van der Waals surface area contributed by atoms with E-state index in [1.807, 2.05) is 0 Å². The van der Waals surface area contributed by atoms with Crippen molar-refractivity contribution in [3.05, 3.63) is 76.0 Å². The number of nitrogens with zero attached hydrogens (tertiary/aromatic N) is 1. The van der Waals surface area contributed by atoms with Gasteiger partial charge < -0.3 is 0 Å². The van der Waals surface area contributed by atoms with E-state index in [4.69, 9.17) is 0 Å². The lowest BCUT2D eigenvalue weighted by atomic mass is 9.85. The predicted octanol–water partition coefficient (Wildman–Crippen LogP) is 6.26. The molecule has 1 aromatic heterocycles. The minimum absolute atomic E-state index is 0.281. The van der Waals surface area contributed by atoms with Crippen molar-refractivity contribution < 1.29 is 4.57 Å². The van der Waals surface area contributed by atoms with Crippen molar-refractivity contribution in [3.8, 4) is 22.4 Å². The molecule has 1 aliphatic carbocycles. The van der Waals surface area contributed by atoms with Crippen LogP contribution in [0.2, 0.25) is 0 Å². The third-order valence-corrected chi connectivity index (χ3v) is 6.14. The zero-order valence-corrected chi connectivity index (χ0v) is 18.4. The molecular formula is C27H32N+. The molecule has 1 nitrogen and oxygen atoms in total. The van der Waals surface area contributed by atoms with Crippen molar-refractivity contribution in [2.24, 2.45) is 12.5 Å². The number of pyridine rings is 1. The minimum Gasteiger partial charge on any atom is -0.201 e. The summed E-state index contributed by atoms with van der Waals surface area (Å²) in [5.74, 6) is 0. The quantitative estimate of drug-likeness (QED) is 0.366. The number of fused-ring (bicyclic) bond motifs is 3. The van der Waals surface area contributed by atoms with Crippen LogP contribution in [0.25, 0.3) is 22.4 Å². The molecule has 0 aliphatic heterocycles. The molecule has 0 spiro atoms. The Morgan fingerprint density at radius 2 is 1.57 bits per heavy atom. The first-order chi connectivity index (χ1) is 13.2. The summed E-state index contributed by atoms with van der Waals surface area (Å²) in [7, 11) is 2.19. The first kappa shape index (κ1) is 18.9. The van der Waals surface area contributed by atoms with Crippen LogP contribution in [-0.4, -0.2) is 0 Å². The van der Waals surface area contributed by atoms with Crippen LogP contribution in [0.3, 0.4) is 0 Å². The van der Waals surface area contributed by atoms with E-state index < -0.39 is 0 Å². The topological polar surface area (TPSA) is 3.88 Å². The number of benzene rings is 2. The molecule has 1 heterocycles. The highest BCUT2D eigenvalue weighted by Crippen LogP contribution is 2.43. The zero-order chi connectivity index (χ0) is 20.2. The number of aromatic nitrogens is 1. The van der Waals surface area contributed by atoms with Crippen LogP contribution >= 0.6 is 0 Å². The molecule has 0 unspecified atom stereocenters. The highest BCUT2D eigenvalue weighted by atomic mass is 14.9. The molecule has 0 amide bonds. The Morgan fingerprint density at radius 3 is 2.29 bits per heavy atom. The molecule has 0 fully saturated rings. The lowest BCUT2D eigenvalue weighted by Crippen LogP contribution is -2.32. The molecule has 0 atom stereocenters. The maximum Gasteiger partial charge on any atom is 0.213 e. The zero-order valence-electron chi connectivity index (χ0n) is 18.4. The smallest absolute Gasteiger partial charge is 0.201 e. The Kier molecular flexibility index (Phi) is 4.45. The van der Waals surface area contributed by atoms with Gasteiger partial charge in [-0.05, 0) is 78.0 Å². The van der Waals surface area contributed by atoms with Crippen molar-refractivity contribution >= 4 is 0 Å². The predicted molar refractivity (Wildman–Crippen MR) is 119 cm³/mol. The SMILES string of the molecule is Cc1c[n+](C)c(-c2c(C)ccc3c2Cc2c(C)cccc2-3)cc1CC(C)(C)C. The highest BCUT2D eigenvalue weighted by Gasteiger charge is 2.28. The number of hydrogen-bond donors (Lipinski definition) is 0. The van der Waals surface area contributed by atoms with E-state index in [1.165, 1.54) is 55.8 Å². The monoisotopic (exact) mass is 370 g/mol. The highest BCUT2D eigenvalue weighted by molar-refractivity contribution is 5.85. The van der Waals surface area contributed by atoms with Crippen molar-refractivity contribution in [2.75, 3.05) is 0 Å². The molecule has 1 aliphatic rings. The van der Waals surface area contributed by atoms with E-state index in [9.17, 15) is 0 Å². The summed E-state index contributed by atoms with van der Waals surface area (Å²) in [5, 5.41) is 0. The van der Waals surface area contributed by atoms with E-state index in [2.05, 4.69) is 95.8 Å². The van der Waals surface area contributed by atoms with Crippen LogP contribution in [0.4, 0.5) is 0 Å².